The van der Waals surface area contributed by atoms with Crippen LogP contribution in [0.15, 0.2) is 108 Å². The maximum absolute atomic E-state index is 14.6. The Morgan fingerprint density at radius 1 is 0.761 bits per heavy atom. The normalized spacial score (nSPS) is 14.1. The molecule has 0 saturated heterocycles. The highest BCUT2D eigenvalue weighted by Crippen LogP contribution is 2.27. The summed E-state index contributed by atoms with van der Waals surface area (Å²) in [5.41, 5.74) is 4.86. The number of nitrogens with zero attached hydrogens (tertiary/aromatic N) is 2. The number of hydrogen-bond acceptors (Lipinski definition) is 4. The van der Waals surface area contributed by atoms with Gasteiger partial charge in [-0.3, -0.25) is 13.9 Å². The molecular formula is C38H43N3O4S. The molecule has 1 fully saturated rings. The molecule has 1 saturated carbocycles. The first-order valence-corrected chi connectivity index (χ1v) is 17.4. The third-order valence-electron chi connectivity index (χ3n) is 8.55. The molecule has 8 heteroatoms. The van der Waals surface area contributed by atoms with Crippen LogP contribution in [0.3, 0.4) is 0 Å². The number of amides is 2. The number of sulfonamides is 1. The van der Waals surface area contributed by atoms with E-state index in [1.54, 1.807) is 41.3 Å². The standard InChI is InChI=1S/C38H43N3O4S/c1-28-18-20-35(21-19-28)46(44,45)41(34-23-29(2)22-30(3)24-34)27-37(42)40(26-32-14-8-5-9-15-32)36(25-31-12-6-4-7-13-31)38(43)39-33-16-10-11-17-33/h4-9,12-15,18-24,33,36H,10-11,16-17,25-27H2,1-3H3,(H,39,43)/t36-/m1/s1. The summed E-state index contributed by atoms with van der Waals surface area (Å²) in [6, 6.07) is 30.6. The number of hydrogen-bond donors (Lipinski definition) is 1. The highest BCUT2D eigenvalue weighted by Gasteiger charge is 2.35. The first kappa shape index (κ1) is 32.9. The maximum Gasteiger partial charge on any atom is 0.264 e. The predicted octanol–water partition coefficient (Wildman–Crippen LogP) is 6.51. The number of aryl methyl sites for hydroxylation is 3. The largest absolute Gasteiger partial charge is 0.352 e. The fourth-order valence-corrected chi connectivity index (χ4v) is 7.56. The Morgan fingerprint density at radius 2 is 1.33 bits per heavy atom. The quantitative estimate of drug-likeness (QED) is 0.192. The summed E-state index contributed by atoms with van der Waals surface area (Å²) in [7, 11) is -4.14. The van der Waals surface area contributed by atoms with Gasteiger partial charge in [0.2, 0.25) is 11.8 Å². The minimum absolute atomic E-state index is 0.0631. The van der Waals surface area contributed by atoms with Crippen LogP contribution in [0.5, 0.6) is 0 Å². The maximum atomic E-state index is 14.6. The predicted molar refractivity (Wildman–Crippen MR) is 183 cm³/mol. The zero-order chi connectivity index (χ0) is 32.7. The fraction of sp³-hybridized carbons (Fsp3) is 0.316. The molecule has 2 amide bonds. The van der Waals surface area contributed by atoms with Gasteiger partial charge in [-0.25, -0.2) is 8.42 Å². The van der Waals surface area contributed by atoms with Crippen molar-refractivity contribution in [1.29, 1.82) is 0 Å². The Labute approximate surface area is 273 Å². The second-order valence-corrected chi connectivity index (χ2v) is 14.2. The van der Waals surface area contributed by atoms with Crippen molar-refractivity contribution in [3.05, 3.63) is 131 Å². The SMILES string of the molecule is Cc1ccc(S(=O)(=O)N(CC(=O)N(Cc2ccccc2)[C@H](Cc2ccccc2)C(=O)NC2CCCC2)c2cc(C)cc(C)c2)cc1. The monoisotopic (exact) mass is 637 g/mol. The molecule has 0 bridgehead atoms. The van der Waals surface area contributed by atoms with Crippen LogP contribution in [0.4, 0.5) is 5.69 Å². The first-order valence-electron chi connectivity index (χ1n) is 16.0. The minimum Gasteiger partial charge on any atom is -0.352 e. The Balaban J connectivity index is 1.57. The van der Waals surface area contributed by atoms with Gasteiger partial charge in [0.25, 0.3) is 10.0 Å². The molecule has 240 valence electrons. The third kappa shape index (κ3) is 8.23. The summed E-state index contributed by atoms with van der Waals surface area (Å²) < 4.78 is 29.8. The summed E-state index contributed by atoms with van der Waals surface area (Å²) >= 11 is 0. The van der Waals surface area contributed by atoms with Gasteiger partial charge < -0.3 is 10.2 Å². The van der Waals surface area contributed by atoms with Crippen LogP contribution in [0, 0.1) is 20.8 Å². The third-order valence-corrected chi connectivity index (χ3v) is 10.3. The van der Waals surface area contributed by atoms with E-state index in [1.807, 2.05) is 87.5 Å². The van der Waals surface area contributed by atoms with Crippen molar-refractivity contribution in [3.63, 3.8) is 0 Å². The topological polar surface area (TPSA) is 86.8 Å². The summed E-state index contributed by atoms with van der Waals surface area (Å²) in [6.07, 6.45) is 4.23. The lowest BCUT2D eigenvalue weighted by Gasteiger charge is -2.34. The van der Waals surface area contributed by atoms with E-state index < -0.39 is 28.5 Å². The minimum atomic E-state index is -4.14. The molecule has 0 spiro atoms. The summed E-state index contributed by atoms with van der Waals surface area (Å²) in [6.45, 7) is 5.39. The van der Waals surface area contributed by atoms with Crippen molar-refractivity contribution in [2.24, 2.45) is 0 Å². The van der Waals surface area contributed by atoms with Gasteiger partial charge in [-0.05, 0) is 80.1 Å². The lowest BCUT2D eigenvalue weighted by molar-refractivity contribution is -0.140. The average Bonchev–Trinajstić information content (AvgIpc) is 3.55. The van der Waals surface area contributed by atoms with Gasteiger partial charge in [0, 0.05) is 19.0 Å². The van der Waals surface area contributed by atoms with Gasteiger partial charge in [-0.2, -0.15) is 0 Å². The molecule has 5 rings (SSSR count). The van der Waals surface area contributed by atoms with E-state index in [-0.39, 0.29) is 23.4 Å². The van der Waals surface area contributed by atoms with Gasteiger partial charge in [-0.15, -0.1) is 0 Å². The van der Waals surface area contributed by atoms with Gasteiger partial charge in [0.15, 0.2) is 0 Å². The molecule has 4 aromatic rings. The Bertz CT molecular complexity index is 1720. The van der Waals surface area contributed by atoms with Crippen molar-refractivity contribution in [2.45, 2.75) is 76.4 Å². The van der Waals surface area contributed by atoms with Gasteiger partial charge in [0.05, 0.1) is 10.6 Å². The van der Waals surface area contributed by atoms with E-state index in [9.17, 15) is 18.0 Å². The van der Waals surface area contributed by atoms with Crippen LogP contribution in [0.2, 0.25) is 0 Å². The molecule has 7 nitrogen and oxygen atoms in total. The van der Waals surface area contributed by atoms with E-state index in [2.05, 4.69) is 5.32 Å². The first-order chi connectivity index (χ1) is 22.1. The van der Waals surface area contributed by atoms with Crippen molar-refractivity contribution in [2.75, 3.05) is 10.8 Å². The summed E-state index contributed by atoms with van der Waals surface area (Å²) in [5, 5.41) is 3.22. The number of carbonyl (C=O) groups excluding carboxylic acids is 2. The zero-order valence-corrected chi connectivity index (χ0v) is 27.7. The molecule has 46 heavy (non-hydrogen) atoms. The molecule has 0 aromatic heterocycles. The highest BCUT2D eigenvalue weighted by atomic mass is 32.2. The molecule has 1 aliphatic rings. The lowest BCUT2D eigenvalue weighted by Crippen LogP contribution is -2.54. The Hall–Kier alpha value is -4.43. The van der Waals surface area contributed by atoms with Crippen LogP contribution >= 0.6 is 0 Å². The second-order valence-electron chi connectivity index (χ2n) is 12.4. The molecule has 0 radical (unpaired) electrons. The van der Waals surface area contributed by atoms with Gasteiger partial charge in [0.1, 0.15) is 12.6 Å². The van der Waals surface area contributed by atoms with Crippen molar-refractivity contribution >= 4 is 27.5 Å². The van der Waals surface area contributed by atoms with Crippen LogP contribution in [0.1, 0.15) is 53.5 Å². The molecule has 1 atom stereocenters. The second kappa shape index (κ2) is 14.8. The number of benzene rings is 4. The Morgan fingerprint density at radius 3 is 1.91 bits per heavy atom. The van der Waals surface area contributed by atoms with Crippen LogP contribution in [-0.2, 0) is 32.6 Å². The summed E-state index contributed by atoms with van der Waals surface area (Å²) in [5.74, 6) is -0.680. The van der Waals surface area contributed by atoms with Crippen LogP contribution < -0.4 is 9.62 Å². The molecular weight excluding hydrogens is 595 g/mol. The molecule has 0 heterocycles. The number of nitrogens with one attached hydrogen (secondary N) is 1. The van der Waals surface area contributed by atoms with E-state index in [0.29, 0.717) is 12.1 Å². The van der Waals surface area contributed by atoms with E-state index in [0.717, 1.165) is 53.5 Å². The molecule has 1 N–H and O–H groups in total. The zero-order valence-electron chi connectivity index (χ0n) is 26.9. The fourth-order valence-electron chi connectivity index (χ4n) is 6.16. The lowest BCUT2D eigenvalue weighted by atomic mass is 10.0. The van der Waals surface area contributed by atoms with E-state index in [4.69, 9.17) is 0 Å². The summed E-state index contributed by atoms with van der Waals surface area (Å²) in [4.78, 5) is 30.4. The number of carbonyl (C=O) groups is 2. The molecule has 0 unspecified atom stereocenters. The van der Waals surface area contributed by atoms with Crippen LogP contribution in [0.25, 0.3) is 0 Å². The van der Waals surface area contributed by atoms with Gasteiger partial charge in [-0.1, -0.05) is 97.3 Å². The Kier molecular flexibility index (Phi) is 10.6. The van der Waals surface area contributed by atoms with Crippen molar-refractivity contribution in [3.8, 4) is 0 Å². The molecule has 1 aliphatic carbocycles. The van der Waals surface area contributed by atoms with Crippen molar-refractivity contribution < 1.29 is 18.0 Å². The van der Waals surface area contributed by atoms with Crippen LogP contribution in [-0.4, -0.2) is 43.8 Å². The van der Waals surface area contributed by atoms with Gasteiger partial charge >= 0.3 is 0 Å². The van der Waals surface area contributed by atoms with E-state index in [1.165, 1.54) is 4.31 Å². The molecule has 0 aliphatic heterocycles. The van der Waals surface area contributed by atoms with E-state index >= 15 is 0 Å². The molecule has 4 aromatic carbocycles. The highest BCUT2D eigenvalue weighted by molar-refractivity contribution is 7.92. The number of anilines is 1. The average molecular weight is 638 g/mol. The smallest absolute Gasteiger partial charge is 0.264 e. The van der Waals surface area contributed by atoms with Crippen molar-refractivity contribution in [1.82, 2.24) is 10.2 Å². The number of rotatable bonds is 12.